The van der Waals surface area contributed by atoms with Crippen molar-refractivity contribution in [1.82, 2.24) is 24.1 Å². The highest BCUT2D eigenvalue weighted by atomic mass is 32.1. The molecule has 4 heterocycles. The lowest BCUT2D eigenvalue weighted by Gasteiger charge is -2.13. The van der Waals surface area contributed by atoms with Crippen LogP contribution in [0.5, 0.6) is 0 Å². The summed E-state index contributed by atoms with van der Waals surface area (Å²) in [6.45, 7) is 0. The summed E-state index contributed by atoms with van der Waals surface area (Å²) < 4.78 is 7.00. The topological polar surface area (TPSA) is 48.5 Å². The van der Waals surface area contributed by atoms with Crippen LogP contribution >= 0.6 is 11.3 Å². The van der Waals surface area contributed by atoms with Gasteiger partial charge in [-0.15, -0.1) is 11.3 Å². The summed E-state index contributed by atoms with van der Waals surface area (Å²) in [6, 6.07) is 75.6. The van der Waals surface area contributed by atoms with Crippen LogP contribution in [-0.4, -0.2) is 24.1 Å². The monoisotopic (exact) mass is 821 g/mol. The summed E-state index contributed by atoms with van der Waals surface area (Å²) in [7, 11) is 0. The standard InChI is InChI=1S/C57H35N5S/c1-2-15-36(16-3-1)39-31-32-46-45-23-6-10-28-50(45)62(51(46)35-39)57-59-55(58-56(60-57)61-48-26-8-4-21-43(48)44-22-5-9-27-49(44)61)41-20-13-18-38(34-41)37-17-12-19-40(33-37)42-25-14-30-53-54(42)47-24-7-11-29-52(47)63-53/h1-35H. The number of hydrogen-bond donors (Lipinski definition) is 0. The lowest BCUT2D eigenvalue weighted by atomic mass is 9.95. The first-order valence-electron chi connectivity index (χ1n) is 21.2. The number of thiophene rings is 1. The Labute approximate surface area is 366 Å². The molecule has 5 nitrogen and oxygen atoms in total. The Bertz CT molecular complexity index is 3880. The summed E-state index contributed by atoms with van der Waals surface area (Å²) in [5.41, 5.74) is 11.9. The molecule has 0 atom stereocenters. The van der Waals surface area contributed by atoms with Crippen molar-refractivity contribution in [1.29, 1.82) is 0 Å². The van der Waals surface area contributed by atoms with Crippen LogP contribution in [0, 0.1) is 0 Å². The van der Waals surface area contributed by atoms with Gasteiger partial charge in [-0.05, 0) is 81.9 Å². The zero-order chi connectivity index (χ0) is 41.4. The molecule has 13 aromatic rings. The molecule has 6 heteroatoms. The van der Waals surface area contributed by atoms with Gasteiger partial charge < -0.3 is 0 Å². The number of fused-ring (bicyclic) bond motifs is 9. The molecule has 0 N–H and O–H groups in total. The van der Waals surface area contributed by atoms with Crippen LogP contribution in [0.15, 0.2) is 212 Å². The molecule has 9 aromatic carbocycles. The first-order chi connectivity index (χ1) is 31.2. The van der Waals surface area contributed by atoms with Crippen molar-refractivity contribution in [2.45, 2.75) is 0 Å². The van der Waals surface area contributed by atoms with E-state index in [-0.39, 0.29) is 0 Å². The Kier molecular flexibility index (Phi) is 8.01. The smallest absolute Gasteiger partial charge is 0.240 e. The molecule has 0 fully saturated rings. The highest BCUT2D eigenvalue weighted by Gasteiger charge is 2.21. The van der Waals surface area contributed by atoms with Gasteiger partial charge in [0.15, 0.2) is 5.82 Å². The second-order valence-electron chi connectivity index (χ2n) is 16.0. The van der Waals surface area contributed by atoms with Crippen LogP contribution in [0.3, 0.4) is 0 Å². The zero-order valence-electron chi connectivity index (χ0n) is 33.9. The highest BCUT2D eigenvalue weighted by Crippen LogP contribution is 2.41. The van der Waals surface area contributed by atoms with Gasteiger partial charge in [-0.25, -0.2) is 0 Å². The normalized spacial score (nSPS) is 11.8. The Morgan fingerprint density at radius 3 is 1.46 bits per heavy atom. The first kappa shape index (κ1) is 35.6. The Balaban J connectivity index is 1.03. The molecule has 0 amide bonds. The largest absolute Gasteiger partial charge is 0.278 e. The van der Waals surface area contributed by atoms with Crippen molar-refractivity contribution in [3.05, 3.63) is 212 Å². The van der Waals surface area contributed by atoms with E-state index in [1.54, 1.807) is 0 Å². The van der Waals surface area contributed by atoms with Crippen molar-refractivity contribution in [3.8, 4) is 56.7 Å². The maximum atomic E-state index is 5.42. The number of rotatable bonds is 6. The maximum absolute atomic E-state index is 5.42. The molecular weight excluding hydrogens is 787 g/mol. The highest BCUT2D eigenvalue weighted by molar-refractivity contribution is 7.25. The second kappa shape index (κ2) is 14.2. The summed E-state index contributed by atoms with van der Waals surface area (Å²) in [6.07, 6.45) is 0. The molecule has 0 aliphatic carbocycles. The van der Waals surface area contributed by atoms with Crippen LogP contribution < -0.4 is 0 Å². The second-order valence-corrected chi connectivity index (χ2v) is 17.1. The molecule has 294 valence electrons. The van der Waals surface area contributed by atoms with Gasteiger partial charge in [0, 0.05) is 47.3 Å². The molecule has 13 rings (SSSR count). The van der Waals surface area contributed by atoms with Crippen molar-refractivity contribution < 1.29 is 0 Å². The van der Waals surface area contributed by atoms with Gasteiger partial charge in [0.1, 0.15) is 0 Å². The lowest BCUT2D eigenvalue weighted by Crippen LogP contribution is -2.10. The minimum Gasteiger partial charge on any atom is -0.278 e. The van der Waals surface area contributed by atoms with Crippen LogP contribution in [0.1, 0.15) is 0 Å². The predicted molar refractivity (Wildman–Crippen MR) is 263 cm³/mol. The predicted octanol–water partition coefficient (Wildman–Crippen LogP) is 15.1. The molecule has 0 saturated carbocycles. The number of para-hydroxylation sites is 3. The third kappa shape index (κ3) is 5.73. The van der Waals surface area contributed by atoms with Crippen molar-refractivity contribution in [3.63, 3.8) is 0 Å². The van der Waals surface area contributed by atoms with Crippen LogP contribution in [-0.2, 0) is 0 Å². The van der Waals surface area contributed by atoms with Crippen LogP contribution in [0.2, 0.25) is 0 Å². The van der Waals surface area contributed by atoms with E-state index < -0.39 is 0 Å². The van der Waals surface area contributed by atoms with Gasteiger partial charge in [-0.2, -0.15) is 15.0 Å². The third-order valence-electron chi connectivity index (χ3n) is 12.4. The quantitative estimate of drug-likeness (QED) is 0.168. The van der Waals surface area contributed by atoms with Crippen molar-refractivity contribution >= 4 is 75.1 Å². The van der Waals surface area contributed by atoms with Gasteiger partial charge >= 0.3 is 0 Å². The number of nitrogens with zero attached hydrogens (tertiary/aromatic N) is 5. The summed E-state index contributed by atoms with van der Waals surface area (Å²) in [5, 5.41) is 7.17. The molecule has 0 aliphatic rings. The van der Waals surface area contributed by atoms with E-state index in [2.05, 4.69) is 221 Å². The lowest BCUT2D eigenvalue weighted by molar-refractivity contribution is 0.893. The van der Waals surface area contributed by atoms with E-state index in [0.29, 0.717) is 17.7 Å². The van der Waals surface area contributed by atoms with Gasteiger partial charge in [0.2, 0.25) is 11.9 Å². The zero-order valence-corrected chi connectivity index (χ0v) is 34.7. The van der Waals surface area contributed by atoms with E-state index in [9.17, 15) is 0 Å². The van der Waals surface area contributed by atoms with E-state index in [1.165, 1.54) is 31.3 Å². The third-order valence-corrected chi connectivity index (χ3v) is 13.5. The summed E-state index contributed by atoms with van der Waals surface area (Å²) in [4.78, 5) is 16.2. The molecular formula is C57H35N5S. The number of hydrogen-bond acceptors (Lipinski definition) is 4. The molecule has 0 radical (unpaired) electrons. The fraction of sp³-hybridized carbons (Fsp3) is 0. The number of benzene rings is 9. The molecule has 0 saturated heterocycles. The molecule has 4 aromatic heterocycles. The molecule has 0 spiro atoms. The van der Waals surface area contributed by atoms with Gasteiger partial charge in [0.25, 0.3) is 0 Å². The fourth-order valence-electron chi connectivity index (χ4n) is 9.54. The SMILES string of the molecule is c1ccc(-c2ccc3c4ccccc4n(-c4nc(-c5cccc(-c6cccc(-c7cccc8sc9ccccc9c78)c6)c5)nc(-n5c6ccccc6c6ccccc65)n4)c3c2)cc1. The molecule has 0 unspecified atom stereocenters. The fourth-order valence-corrected chi connectivity index (χ4v) is 10.7. The minimum absolute atomic E-state index is 0.553. The molecule has 63 heavy (non-hydrogen) atoms. The minimum atomic E-state index is 0.553. The van der Waals surface area contributed by atoms with E-state index in [1.807, 2.05) is 11.3 Å². The van der Waals surface area contributed by atoms with Gasteiger partial charge in [-0.3, -0.25) is 9.13 Å². The van der Waals surface area contributed by atoms with Crippen LogP contribution in [0.4, 0.5) is 0 Å². The van der Waals surface area contributed by atoms with Crippen LogP contribution in [0.25, 0.3) is 120 Å². The van der Waals surface area contributed by atoms with E-state index in [0.717, 1.165) is 71.4 Å². The molecule has 0 bridgehead atoms. The Morgan fingerprint density at radius 1 is 0.302 bits per heavy atom. The average molecular weight is 822 g/mol. The van der Waals surface area contributed by atoms with Gasteiger partial charge in [-0.1, -0.05) is 164 Å². The van der Waals surface area contributed by atoms with Gasteiger partial charge in [0.05, 0.1) is 22.1 Å². The molecule has 0 aliphatic heterocycles. The average Bonchev–Trinajstić information content (AvgIpc) is 4.02. The Morgan fingerprint density at radius 2 is 0.778 bits per heavy atom. The maximum Gasteiger partial charge on any atom is 0.240 e. The van der Waals surface area contributed by atoms with Crippen molar-refractivity contribution in [2.24, 2.45) is 0 Å². The van der Waals surface area contributed by atoms with Crippen molar-refractivity contribution in [2.75, 3.05) is 0 Å². The summed E-state index contributed by atoms with van der Waals surface area (Å²) in [5.74, 6) is 1.70. The summed E-state index contributed by atoms with van der Waals surface area (Å²) >= 11 is 1.85. The van der Waals surface area contributed by atoms with E-state index >= 15 is 0 Å². The first-order valence-corrected chi connectivity index (χ1v) is 22.0. The Hall–Kier alpha value is -8.19. The number of aromatic nitrogens is 5. The van der Waals surface area contributed by atoms with E-state index in [4.69, 9.17) is 15.0 Å².